The first-order valence-electron chi connectivity index (χ1n) is 10.9. The molecule has 0 aliphatic heterocycles. The van der Waals surface area contributed by atoms with E-state index in [1.165, 1.54) is 0 Å². The molecule has 0 fully saturated rings. The average Bonchev–Trinajstić information content (AvgIpc) is 3.10. The van der Waals surface area contributed by atoms with E-state index < -0.39 is 0 Å². The first-order valence-corrected chi connectivity index (χ1v) is 10.9. The maximum absolute atomic E-state index is 10.7. The monoisotopic (exact) mass is 438 g/mol. The number of aromatic amines is 1. The summed E-state index contributed by atoms with van der Waals surface area (Å²) in [7, 11) is 9.49. The molecule has 7 nitrogen and oxygen atoms in total. The van der Waals surface area contributed by atoms with E-state index in [9.17, 15) is 5.11 Å². The minimum Gasteiger partial charge on any atom is -0.494 e. The lowest BCUT2D eigenvalue weighted by atomic mass is 10.1. The van der Waals surface area contributed by atoms with Crippen LogP contribution in [0.5, 0.6) is 17.4 Å². The van der Waals surface area contributed by atoms with E-state index in [0.717, 1.165) is 47.5 Å². The molecule has 1 aromatic heterocycles. The van der Waals surface area contributed by atoms with Crippen molar-refractivity contribution in [1.29, 1.82) is 0 Å². The topological polar surface area (TPSA) is 73.3 Å². The number of nitrogens with zero attached hydrogens (tertiary/aromatic N) is 3. The molecular formula is C25H34N4O3. The minimum absolute atomic E-state index is 0.0909. The number of anilines is 1. The average molecular weight is 439 g/mol. The van der Waals surface area contributed by atoms with E-state index >= 15 is 0 Å². The summed E-state index contributed by atoms with van der Waals surface area (Å²) < 4.78 is 10.8. The van der Waals surface area contributed by atoms with Crippen molar-refractivity contribution in [2.45, 2.75) is 19.8 Å². The fraction of sp³-hybridized carbons (Fsp3) is 0.400. The zero-order chi connectivity index (χ0) is 23.3. The van der Waals surface area contributed by atoms with E-state index in [4.69, 9.17) is 14.5 Å². The van der Waals surface area contributed by atoms with Gasteiger partial charge in [0.05, 0.1) is 36.7 Å². The highest BCUT2D eigenvalue weighted by atomic mass is 16.5. The summed E-state index contributed by atoms with van der Waals surface area (Å²) in [5.41, 5.74) is 4.27. The van der Waals surface area contributed by atoms with E-state index in [1.54, 1.807) is 14.2 Å². The number of hydrogen-bond acceptors (Lipinski definition) is 6. The Kier molecular flexibility index (Phi) is 7.64. The number of hydrogen-bond donors (Lipinski definition) is 2. The number of ether oxygens (including phenoxy) is 2. The molecule has 0 amide bonds. The van der Waals surface area contributed by atoms with Crippen LogP contribution in [0.1, 0.15) is 25.3 Å². The van der Waals surface area contributed by atoms with Crippen molar-refractivity contribution in [3.63, 3.8) is 0 Å². The molecule has 0 aliphatic carbocycles. The van der Waals surface area contributed by atoms with Crippen LogP contribution in [0.2, 0.25) is 0 Å². The van der Waals surface area contributed by atoms with Gasteiger partial charge < -0.3 is 29.4 Å². The molecule has 0 aliphatic rings. The van der Waals surface area contributed by atoms with Crippen molar-refractivity contribution in [1.82, 2.24) is 9.88 Å². The van der Waals surface area contributed by atoms with Crippen LogP contribution in [0.3, 0.4) is 0 Å². The summed E-state index contributed by atoms with van der Waals surface area (Å²) in [6, 6.07) is 11.9. The van der Waals surface area contributed by atoms with Crippen LogP contribution >= 0.6 is 0 Å². The van der Waals surface area contributed by atoms with Crippen LogP contribution < -0.4 is 14.4 Å². The van der Waals surface area contributed by atoms with Gasteiger partial charge in [0.25, 0.3) is 0 Å². The van der Waals surface area contributed by atoms with Crippen molar-refractivity contribution >= 4 is 28.0 Å². The highest BCUT2D eigenvalue weighted by molar-refractivity contribution is 6.14. The normalized spacial score (nSPS) is 11.9. The van der Waals surface area contributed by atoms with E-state index in [-0.39, 0.29) is 5.88 Å². The fourth-order valence-electron chi connectivity index (χ4n) is 3.80. The second-order valence-corrected chi connectivity index (χ2v) is 8.11. The van der Waals surface area contributed by atoms with Crippen LogP contribution in [0.4, 0.5) is 11.4 Å². The van der Waals surface area contributed by atoms with Gasteiger partial charge >= 0.3 is 0 Å². The van der Waals surface area contributed by atoms with Gasteiger partial charge in [0.2, 0.25) is 0 Å². The van der Waals surface area contributed by atoms with Crippen molar-refractivity contribution in [3.8, 4) is 17.4 Å². The minimum atomic E-state index is 0.0909. The molecule has 0 bridgehead atoms. The number of aliphatic imine (C=N–C) groups is 1. The van der Waals surface area contributed by atoms with Gasteiger partial charge in [0.15, 0.2) is 17.4 Å². The standard InChI is InChI=1S/C25H34N4O3/c1-7-20(24-19-15-22(31-5)23(32-6)16-21(19)27-25(24)30)26-17-9-11-18(12-10-17)29(4)14-8-13-28(2)3/h9-12,15-16,27,30H,7-8,13-14H2,1-6H3. The third kappa shape index (κ3) is 5.16. The molecule has 32 heavy (non-hydrogen) atoms. The summed E-state index contributed by atoms with van der Waals surface area (Å²) in [5.74, 6) is 1.30. The van der Waals surface area contributed by atoms with Crippen molar-refractivity contribution in [2.75, 3.05) is 53.4 Å². The number of H-pyrrole nitrogens is 1. The Morgan fingerprint density at radius 3 is 2.25 bits per heavy atom. The van der Waals surface area contributed by atoms with Gasteiger partial charge in [0, 0.05) is 30.7 Å². The van der Waals surface area contributed by atoms with Gasteiger partial charge in [-0.25, -0.2) is 0 Å². The largest absolute Gasteiger partial charge is 0.494 e. The lowest BCUT2D eigenvalue weighted by Gasteiger charge is -2.20. The molecule has 0 atom stereocenters. The molecule has 0 saturated carbocycles. The number of nitrogens with one attached hydrogen (secondary N) is 1. The quantitative estimate of drug-likeness (QED) is 0.445. The lowest BCUT2D eigenvalue weighted by Crippen LogP contribution is -2.23. The van der Waals surface area contributed by atoms with Gasteiger partial charge in [0.1, 0.15) is 0 Å². The number of fused-ring (bicyclic) bond motifs is 1. The molecule has 1 heterocycles. The molecule has 7 heteroatoms. The predicted octanol–water partition coefficient (Wildman–Crippen LogP) is 4.81. The van der Waals surface area contributed by atoms with E-state index in [0.29, 0.717) is 23.5 Å². The Hall–Kier alpha value is -3.19. The Morgan fingerprint density at radius 1 is 1.00 bits per heavy atom. The smallest absolute Gasteiger partial charge is 0.198 e. The second kappa shape index (κ2) is 10.4. The van der Waals surface area contributed by atoms with Crippen molar-refractivity contribution in [3.05, 3.63) is 42.0 Å². The lowest BCUT2D eigenvalue weighted by molar-refractivity contribution is 0.356. The van der Waals surface area contributed by atoms with Crippen molar-refractivity contribution in [2.24, 2.45) is 4.99 Å². The Morgan fingerprint density at radius 2 is 1.66 bits per heavy atom. The van der Waals surface area contributed by atoms with Gasteiger partial charge in [-0.05, 0) is 63.8 Å². The van der Waals surface area contributed by atoms with Crippen LogP contribution in [0, 0.1) is 0 Å². The second-order valence-electron chi connectivity index (χ2n) is 8.11. The van der Waals surface area contributed by atoms with Gasteiger partial charge in [-0.1, -0.05) is 6.92 Å². The molecular weight excluding hydrogens is 404 g/mol. The van der Waals surface area contributed by atoms with Gasteiger partial charge in [-0.3, -0.25) is 4.99 Å². The number of methoxy groups -OCH3 is 2. The number of benzene rings is 2. The molecule has 172 valence electrons. The molecule has 2 aromatic carbocycles. The first-order chi connectivity index (χ1) is 15.4. The third-order valence-corrected chi connectivity index (χ3v) is 5.56. The molecule has 3 aromatic rings. The summed E-state index contributed by atoms with van der Waals surface area (Å²) in [5, 5.41) is 11.5. The van der Waals surface area contributed by atoms with Crippen molar-refractivity contribution < 1.29 is 14.6 Å². The predicted molar refractivity (Wildman–Crippen MR) is 132 cm³/mol. The SMILES string of the molecule is CCC(=Nc1ccc(N(C)CCCN(C)C)cc1)c1c(O)[nH]c2cc(OC)c(OC)cc12. The molecule has 0 radical (unpaired) electrons. The Labute approximate surface area is 190 Å². The Bertz CT molecular complexity index is 1070. The van der Waals surface area contributed by atoms with Crippen LogP contribution in [-0.4, -0.2) is 69.2 Å². The van der Waals surface area contributed by atoms with E-state index in [2.05, 4.69) is 48.1 Å². The summed E-state index contributed by atoms with van der Waals surface area (Å²) in [4.78, 5) is 12.3. The maximum atomic E-state index is 10.7. The highest BCUT2D eigenvalue weighted by Crippen LogP contribution is 2.37. The molecule has 3 rings (SSSR count). The van der Waals surface area contributed by atoms with Crippen LogP contribution in [0.25, 0.3) is 10.9 Å². The first kappa shape index (κ1) is 23.5. The zero-order valence-corrected chi connectivity index (χ0v) is 19.9. The number of aromatic nitrogens is 1. The number of rotatable bonds is 10. The maximum Gasteiger partial charge on any atom is 0.198 e. The zero-order valence-electron chi connectivity index (χ0n) is 19.9. The summed E-state index contributed by atoms with van der Waals surface area (Å²) in [6.45, 7) is 4.09. The third-order valence-electron chi connectivity index (χ3n) is 5.56. The van der Waals surface area contributed by atoms with Crippen LogP contribution in [-0.2, 0) is 0 Å². The number of aromatic hydroxyl groups is 1. The molecule has 0 unspecified atom stereocenters. The fourth-order valence-corrected chi connectivity index (χ4v) is 3.80. The molecule has 0 spiro atoms. The van der Waals surface area contributed by atoms with Gasteiger partial charge in [-0.15, -0.1) is 0 Å². The van der Waals surface area contributed by atoms with Gasteiger partial charge in [-0.2, -0.15) is 0 Å². The highest BCUT2D eigenvalue weighted by Gasteiger charge is 2.18. The molecule has 0 saturated heterocycles. The summed E-state index contributed by atoms with van der Waals surface area (Å²) >= 11 is 0. The Balaban J connectivity index is 1.89. The van der Waals surface area contributed by atoms with E-state index in [1.807, 2.05) is 31.2 Å². The summed E-state index contributed by atoms with van der Waals surface area (Å²) in [6.07, 6.45) is 1.78. The molecule has 2 N–H and O–H groups in total. The van der Waals surface area contributed by atoms with Crippen LogP contribution in [0.15, 0.2) is 41.4 Å².